The Kier molecular flexibility index (Phi) is 5.96. The Morgan fingerprint density at radius 2 is 1.61 bits per heavy atom. The standard InChI is InChI=1S/C23H31NO3Si/c1-23(2,3)28(4,5)27-15-14-17-6-8-18(9-7-17)19-10-12-20(13-11-19)21-16-26-22(25)24-21/h6-13,21H,14-16H2,1-5H3,(H,24,25)/t21-/m0/s1. The summed E-state index contributed by atoms with van der Waals surface area (Å²) in [7, 11) is -1.68. The zero-order chi connectivity index (χ0) is 20.4. The molecule has 5 heteroatoms. The highest BCUT2D eigenvalue weighted by Crippen LogP contribution is 2.36. The third kappa shape index (κ3) is 4.83. The molecule has 1 aliphatic heterocycles. The second-order valence-electron chi connectivity index (χ2n) is 8.97. The lowest BCUT2D eigenvalue weighted by Crippen LogP contribution is -2.41. The molecule has 1 saturated heterocycles. The molecule has 0 unspecified atom stereocenters. The van der Waals surface area contributed by atoms with Gasteiger partial charge in [0.05, 0.1) is 6.04 Å². The minimum atomic E-state index is -1.68. The molecule has 1 fully saturated rings. The lowest BCUT2D eigenvalue weighted by molar-refractivity contribution is 0.177. The number of hydrogen-bond donors (Lipinski definition) is 1. The van der Waals surface area contributed by atoms with E-state index in [9.17, 15) is 4.79 Å². The molecule has 1 amide bonds. The lowest BCUT2D eigenvalue weighted by atomic mass is 10.00. The average molecular weight is 398 g/mol. The van der Waals surface area contributed by atoms with Crippen molar-refractivity contribution < 1.29 is 14.0 Å². The van der Waals surface area contributed by atoms with Gasteiger partial charge in [0.2, 0.25) is 0 Å². The van der Waals surface area contributed by atoms with Crippen LogP contribution in [0.3, 0.4) is 0 Å². The third-order valence-electron chi connectivity index (χ3n) is 5.93. The summed E-state index contributed by atoms with van der Waals surface area (Å²) in [5, 5.41) is 3.05. The molecule has 150 valence electrons. The van der Waals surface area contributed by atoms with E-state index < -0.39 is 8.32 Å². The van der Waals surface area contributed by atoms with Crippen LogP contribution in [0.4, 0.5) is 4.79 Å². The van der Waals surface area contributed by atoms with Gasteiger partial charge in [0.1, 0.15) is 6.61 Å². The predicted octanol–water partition coefficient (Wildman–Crippen LogP) is 5.70. The van der Waals surface area contributed by atoms with Crippen LogP contribution in [0.1, 0.15) is 37.9 Å². The fraction of sp³-hybridized carbons (Fsp3) is 0.435. The minimum Gasteiger partial charge on any atom is -0.447 e. The summed E-state index contributed by atoms with van der Waals surface area (Å²) in [5.41, 5.74) is 4.71. The summed E-state index contributed by atoms with van der Waals surface area (Å²) < 4.78 is 11.2. The van der Waals surface area contributed by atoms with Gasteiger partial charge in [-0.1, -0.05) is 69.3 Å². The van der Waals surface area contributed by atoms with E-state index in [2.05, 4.69) is 87.7 Å². The quantitative estimate of drug-likeness (QED) is 0.636. The van der Waals surface area contributed by atoms with E-state index in [4.69, 9.17) is 9.16 Å². The number of nitrogens with one attached hydrogen (secondary N) is 1. The van der Waals surface area contributed by atoms with Gasteiger partial charge in [-0.05, 0) is 46.8 Å². The van der Waals surface area contributed by atoms with Crippen LogP contribution in [0.15, 0.2) is 48.5 Å². The predicted molar refractivity (Wildman–Crippen MR) is 116 cm³/mol. The van der Waals surface area contributed by atoms with Crippen molar-refractivity contribution in [2.24, 2.45) is 0 Å². The Labute approximate surface area is 169 Å². The lowest BCUT2D eigenvalue weighted by Gasteiger charge is -2.36. The van der Waals surface area contributed by atoms with Crippen LogP contribution in [0.5, 0.6) is 0 Å². The zero-order valence-electron chi connectivity index (χ0n) is 17.5. The van der Waals surface area contributed by atoms with Crippen molar-refractivity contribution in [2.75, 3.05) is 13.2 Å². The first-order valence-electron chi connectivity index (χ1n) is 9.92. The topological polar surface area (TPSA) is 47.6 Å². The van der Waals surface area contributed by atoms with Crippen molar-refractivity contribution in [3.63, 3.8) is 0 Å². The molecular formula is C23H31NO3Si. The number of hydrogen-bond acceptors (Lipinski definition) is 3. The van der Waals surface area contributed by atoms with Crippen LogP contribution in [-0.2, 0) is 15.6 Å². The van der Waals surface area contributed by atoms with Crippen molar-refractivity contribution in [3.05, 3.63) is 59.7 Å². The van der Waals surface area contributed by atoms with Crippen LogP contribution in [-0.4, -0.2) is 27.6 Å². The van der Waals surface area contributed by atoms with E-state index in [-0.39, 0.29) is 17.2 Å². The first-order valence-corrected chi connectivity index (χ1v) is 12.8. The summed E-state index contributed by atoms with van der Waals surface area (Å²) in [6.45, 7) is 12.6. The second-order valence-corrected chi connectivity index (χ2v) is 13.8. The smallest absolute Gasteiger partial charge is 0.407 e. The molecule has 1 N–H and O–H groups in total. The van der Waals surface area contributed by atoms with Gasteiger partial charge in [-0.2, -0.15) is 0 Å². The van der Waals surface area contributed by atoms with E-state index in [1.165, 1.54) is 11.1 Å². The highest BCUT2D eigenvalue weighted by molar-refractivity contribution is 6.74. The third-order valence-corrected chi connectivity index (χ3v) is 10.5. The van der Waals surface area contributed by atoms with Crippen molar-refractivity contribution in [2.45, 2.75) is 51.4 Å². The highest BCUT2D eigenvalue weighted by Gasteiger charge is 2.36. The fourth-order valence-electron chi connectivity index (χ4n) is 2.98. The van der Waals surface area contributed by atoms with Crippen molar-refractivity contribution >= 4 is 14.4 Å². The summed E-state index contributed by atoms with van der Waals surface area (Å²) in [6.07, 6.45) is 0.592. The van der Waals surface area contributed by atoms with Crippen LogP contribution in [0.25, 0.3) is 11.1 Å². The Bertz CT molecular complexity index is 807. The Hall–Kier alpha value is -2.11. The van der Waals surface area contributed by atoms with E-state index in [0.29, 0.717) is 6.61 Å². The van der Waals surface area contributed by atoms with E-state index in [1.54, 1.807) is 0 Å². The normalized spacial score (nSPS) is 17.3. The van der Waals surface area contributed by atoms with Gasteiger partial charge in [0.25, 0.3) is 0 Å². The van der Waals surface area contributed by atoms with Gasteiger partial charge in [0.15, 0.2) is 8.32 Å². The number of benzene rings is 2. The van der Waals surface area contributed by atoms with E-state index in [1.807, 2.05) is 0 Å². The highest BCUT2D eigenvalue weighted by atomic mass is 28.4. The molecule has 0 spiro atoms. The van der Waals surface area contributed by atoms with Gasteiger partial charge < -0.3 is 14.5 Å². The average Bonchev–Trinajstić information content (AvgIpc) is 3.08. The molecule has 0 bridgehead atoms. The van der Waals surface area contributed by atoms with Crippen LogP contribution >= 0.6 is 0 Å². The van der Waals surface area contributed by atoms with Crippen molar-refractivity contribution in [3.8, 4) is 11.1 Å². The monoisotopic (exact) mass is 397 g/mol. The minimum absolute atomic E-state index is 0.0511. The molecule has 4 nitrogen and oxygen atoms in total. The second kappa shape index (κ2) is 8.09. The van der Waals surface area contributed by atoms with Crippen molar-refractivity contribution in [1.29, 1.82) is 0 Å². The largest absolute Gasteiger partial charge is 0.447 e. The molecular weight excluding hydrogens is 366 g/mol. The molecule has 28 heavy (non-hydrogen) atoms. The molecule has 1 atom stereocenters. The number of carbonyl (C=O) groups excluding carboxylic acids is 1. The molecule has 1 heterocycles. The number of alkyl carbamates (subject to hydrolysis) is 1. The summed E-state index contributed by atoms with van der Waals surface area (Å²) in [4.78, 5) is 11.2. The number of ether oxygens (including phenoxy) is 1. The first-order chi connectivity index (χ1) is 13.2. The maximum absolute atomic E-state index is 11.2. The van der Waals surface area contributed by atoms with Gasteiger partial charge >= 0.3 is 6.09 Å². The van der Waals surface area contributed by atoms with Crippen LogP contribution < -0.4 is 5.32 Å². The molecule has 3 rings (SSSR count). The SMILES string of the molecule is CC(C)(C)[Si](C)(C)OCCc1ccc(-c2ccc([C@@H]3COC(=O)N3)cc2)cc1. The van der Waals surface area contributed by atoms with Gasteiger partial charge in [-0.3, -0.25) is 0 Å². The Balaban J connectivity index is 1.57. The summed E-state index contributed by atoms with van der Waals surface area (Å²) in [5.74, 6) is 0. The van der Waals surface area contributed by atoms with Crippen LogP contribution in [0, 0.1) is 0 Å². The molecule has 2 aromatic carbocycles. The maximum Gasteiger partial charge on any atom is 0.407 e. The van der Waals surface area contributed by atoms with Gasteiger partial charge in [-0.15, -0.1) is 0 Å². The number of cyclic esters (lactones) is 1. The summed E-state index contributed by atoms with van der Waals surface area (Å²) >= 11 is 0. The molecule has 0 aliphatic carbocycles. The number of rotatable bonds is 6. The molecule has 1 aliphatic rings. The molecule has 0 aromatic heterocycles. The van der Waals surface area contributed by atoms with E-state index in [0.717, 1.165) is 24.2 Å². The Morgan fingerprint density at radius 1 is 1.04 bits per heavy atom. The Morgan fingerprint density at radius 3 is 2.11 bits per heavy atom. The molecule has 0 saturated carbocycles. The van der Waals surface area contributed by atoms with E-state index >= 15 is 0 Å². The molecule has 2 aromatic rings. The zero-order valence-corrected chi connectivity index (χ0v) is 18.5. The fourth-order valence-corrected chi connectivity index (χ4v) is 4.02. The number of carbonyl (C=O) groups is 1. The number of amides is 1. The molecule has 0 radical (unpaired) electrons. The van der Waals surface area contributed by atoms with Crippen molar-refractivity contribution in [1.82, 2.24) is 5.32 Å². The van der Waals surface area contributed by atoms with Gasteiger partial charge in [-0.25, -0.2) is 4.79 Å². The first kappa shape index (κ1) is 20.6. The van der Waals surface area contributed by atoms with Gasteiger partial charge in [0, 0.05) is 6.61 Å². The summed E-state index contributed by atoms with van der Waals surface area (Å²) in [6, 6.07) is 16.9. The maximum atomic E-state index is 11.2. The van der Waals surface area contributed by atoms with Crippen LogP contribution in [0.2, 0.25) is 18.1 Å².